The van der Waals surface area contributed by atoms with E-state index < -0.39 is 0 Å². The number of hydrogen-bond acceptors (Lipinski definition) is 4. The molecule has 3 unspecified atom stereocenters. The van der Waals surface area contributed by atoms with Crippen molar-refractivity contribution in [1.82, 2.24) is 4.90 Å². The number of aliphatic hydroxyl groups is 1. The molecule has 3 atom stereocenters. The van der Waals surface area contributed by atoms with Gasteiger partial charge in [-0.3, -0.25) is 9.69 Å². The molecule has 22 heavy (non-hydrogen) atoms. The molecule has 1 aromatic carbocycles. The van der Waals surface area contributed by atoms with E-state index in [1.165, 1.54) is 0 Å². The number of rotatable bonds is 5. The zero-order chi connectivity index (χ0) is 16.1. The summed E-state index contributed by atoms with van der Waals surface area (Å²) in [5, 5.41) is 12.7. The minimum absolute atomic E-state index is 0.0456. The number of nitrogens with zero attached hydrogens (tertiary/aromatic N) is 1. The van der Waals surface area contributed by atoms with Crippen LogP contribution in [-0.2, 0) is 4.79 Å². The topological polar surface area (TPSA) is 61.8 Å². The smallest absolute Gasteiger partial charge is 0.241 e. The second-order valence-electron chi connectivity index (χ2n) is 6.00. The van der Waals surface area contributed by atoms with Crippen molar-refractivity contribution in [1.29, 1.82) is 0 Å². The highest BCUT2D eigenvalue weighted by atomic mass is 16.5. The predicted molar refractivity (Wildman–Crippen MR) is 87.1 cm³/mol. The molecule has 1 aliphatic rings. The van der Waals surface area contributed by atoms with Crippen LogP contribution in [0.15, 0.2) is 24.3 Å². The standard InChI is InChI=1S/C17H26N2O3/c1-12(19-10-6-7-14(11-19)13(2)20)17(21)18-15-8-4-5-9-16(15)22-3/h4-5,8-9,12-14,20H,6-7,10-11H2,1-3H3,(H,18,21). The average molecular weight is 306 g/mol. The van der Waals surface area contributed by atoms with Crippen LogP contribution in [0.3, 0.4) is 0 Å². The zero-order valence-corrected chi connectivity index (χ0v) is 13.6. The molecule has 1 fully saturated rings. The molecular formula is C17H26N2O3. The van der Waals surface area contributed by atoms with E-state index in [1.807, 2.05) is 38.1 Å². The minimum Gasteiger partial charge on any atom is -0.495 e. The number of amides is 1. The molecule has 2 rings (SSSR count). The van der Waals surface area contributed by atoms with E-state index >= 15 is 0 Å². The number of anilines is 1. The third-order valence-electron chi connectivity index (χ3n) is 4.46. The number of benzene rings is 1. The van der Waals surface area contributed by atoms with Crippen LogP contribution in [0.1, 0.15) is 26.7 Å². The summed E-state index contributed by atoms with van der Waals surface area (Å²) < 4.78 is 5.26. The molecule has 1 heterocycles. The molecule has 0 bridgehead atoms. The molecule has 1 aliphatic heterocycles. The summed E-state index contributed by atoms with van der Waals surface area (Å²) in [6, 6.07) is 7.16. The van der Waals surface area contributed by atoms with Crippen molar-refractivity contribution in [2.45, 2.75) is 38.8 Å². The normalized spacial score (nSPS) is 21.9. The molecule has 5 heteroatoms. The number of carbonyl (C=O) groups is 1. The summed E-state index contributed by atoms with van der Waals surface area (Å²) >= 11 is 0. The Hall–Kier alpha value is -1.59. The number of para-hydroxylation sites is 2. The molecule has 2 N–H and O–H groups in total. The highest BCUT2D eigenvalue weighted by molar-refractivity contribution is 5.95. The van der Waals surface area contributed by atoms with E-state index in [0.717, 1.165) is 25.9 Å². The van der Waals surface area contributed by atoms with E-state index in [0.29, 0.717) is 11.4 Å². The Balaban J connectivity index is 1.99. The molecule has 122 valence electrons. The van der Waals surface area contributed by atoms with Crippen LogP contribution < -0.4 is 10.1 Å². The van der Waals surface area contributed by atoms with Crippen molar-refractivity contribution in [2.24, 2.45) is 5.92 Å². The molecule has 1 saturated heterocycles. The number of aliphatic hydroxyl groups excluding tert-OH is 1. The maximum Gasteiger partial charge on any atom is 0.241 e. The molecule has 1 amide bonds. The fourth-order valence-electron chi connectivity index (χ4n) is 2.94. The van der Waals surface area contributed by atoms with E-state index in [2.05, 4.69) is 10.2 Å². The predicted octanol–water partition coefficient (Wildman–Crippen LogP) is 2.12. The number of piperidine rings is 1. The van der Waals surface area contributed by atoms with Crippen LogP contribution in [0.2, 0.25) is 0 Å². The molecular weight excluding hydrogens is 280 g/mol. The van der Waals surface area contributed by atoms with E-state index in [9.17, 15) is 9.90 Å². The number of nitrogens with one attached hydrogen (secondary N) is 1. The van der Waals surface area contributed by atoms with Crippen LogP contribution in [0.4, 0.5) is 5.69 Å². The Morgan fingerprint density at radius 2 is 2.14 bits per heavy atom. The number of carbonyl (C=O) groups excluding carboxylic acids is 1. The van der Waals surface area contributed by atoms with Crippen molar-refractivity contribution >= 4 is 11.6 Å². The van der Waals surface area contributed by atoms with Gasteiger partial charge in [0.1, 0.15) is 5.75 Å². The number of hydrogen-bond donors (Lipinski definition) is 2. The van der Waals surface area contributed by atoms with Gasteiger partial charge in [0.15, 0.2) is 0 Å². The van der Waals surface area contributed by atoms with Gasteiger partial charge in [0.05, 0.1) is 24.9 Å². The molecule has 0 saturated carbocycles. The molecule has 0 aromatic heterocycles. The van der Waals surface area contributed by atoms with Crippen LogP contribution in [-0.4, -0.2) is 48.3 Å². The summed E-state index contributed by atoms with van der Waals surface area (Å²) in [4.78, 5) is 14.6. The van der Waals surface area contributed by atoms with Crippen molar-refractivity contribution < 1.29 is 14.6 Å². The van der Waals surface area contributed by atoms with Gasteiger partial charge in [-0.05, 0) is 51.3 Å². The van der Waals surface area contributed by atoms with Gasteiger partial charge in [0.2, 0.25) is 5.91 Å². The van der Waals surface area contributed by atoms with Gasteiger partial charge in [-0.15, -0.1) is 0 Å². The summed E-state index contributed by atoms with van der Waals surface area (Å²) in [7, 11) is 1.59. The van der Waals surface area contributed by atoms with Gasteiger partial charge in [0.25, 0.3) is 0 Å². The lowest BCUT2D eigenvalue weighted by atomic mass is 9.92. The highest BCUT2D eigenvalue weighted by Crippen LogP contribution is 2.25. The van der Waals surface area contributed by atoms with Crippen LogP contribution in [0.5, 0.6) is 5.75 Å². The summed E-state index contributed by atoms with van der Waals surface area (Å²) in [6.45, 7) is 5.39. The van der Waals surface area contributed by atoms with Crippen LogP contribution in [0, 0.1) is 5.92 Å². The van der Waals surface area contributed by atoms with Crippen LogP contribution in [0.25, 0.3) is 0 Å². The van der Waals surface area contributed by atoms with Crippen molar-refractivity contribution in [3.8, 4) is 5.75 Å². The molecule has 0 aliphatic carbocycles. The first kappa shape index (κ1) is 16.8. The Labute approximate surface area is 132 Å². The Kier molecular flexibility index (Phi) is 5.80. The van der Waals surface area contributed by atoms with Crippen LogP contribution >= 0.6 is 0 Å². The lowest BCUT2D eigenvalue weighted by molar-refractivity contribution is -0.121. The quantitative estimate of drug-likeness (QED) is 0.875. The SMILES string of the molecule is COc1ccccc1NC(=O)C(C)N1CCCC(C(C)O)C1. The van der Waals surface area contributed by atoms with Gasteiger partial charge in [0, 0.05) is 6.54 Å². The second-order valence-corrected chi connectivity index (χ2v) is 6.00. The van der Waals surface area contributed by atoms with Gasteiger partial charge in [-0.2, -0.15) is 0 Å². The molecule has 1 aromatic rings. The lowest BCUT2D eigenvalue weighted by Gasteiger charge is -2.37. The zero-order valence-electron chi connectivity index (χ0n) is 13.6. The number of methoxy groups -OCH3 is 1. The maximum atomic E-state index is 12.5. The summed E-state index contributed by atoms with van der Waals surface area (Å²) in [6.07, 6.45) is 1.71. The van der Waals surface area contributed by atoms with Gasteiger partial charge in [-0.1, -0.05) is 12.1 Å². The van der Waals surface area contributed by atoms with E-state index in [-0.39, 0.29) is 24.0 Å². The average Bonchev–Trinajstić information content (AvgIpc) is 2.54. The fourth-order valence-corrected chi connectivity index (χ4v) is 2.94. The number of likely N-dealkylation sites (tertiary alicyclic amines) is 1. The molecule has 0 radical (unpaired) electrons. The number of ether oxygens (including phenoxy) is 1. The third kappa shape index (κ3) is 3.99. The second kappa shape index (κ2) is 7.61. The van der Waals surface area contributed by atoms with Gasteiger partial charge < -0.3 is 15.2 Å². The first-order chi connectivity index (χ1) is 10.5. The van der Waals surface area contributed by atoms with E-state index in [1.54, 1.807) is 7.11 Å². The summed E-state index contributed by atoms with van der Waals surface area (Å²) in [5.41, 5.74) is 0.686. The van der Waals surface area contributed by atoms with E-state index in [4.69, 9.17) is 4.74 Å². The largest absolute Gasteiger partial charge is 0.495 e. The Morgan fingerprint density at radius 3 is 2.82 bits per heavy atom. The van der Waals surface area contributed by atoms with Gasteiger partial charge in [-0.25, -0.2) is 0 Å². The lowest BCUT2D eigenvalue weighted by Crippen LogP contribution is -2.48. The third-order valence-corrected chi connectivity index (χ3v) is 4.46. The minimum atomic E-state index is -0.327. The Bertz CT molecular complexity index is 504. The first-order valence-electron chi connectivity index (χ1n) is 7.89. The monoisotopic (exact) mass is 306 g/mol. The van der Waals surface area contributed by atoms with Crippen molar-refractivity contribution in [3.05, 3.63) is 24.3 Å². The molecule has 0 spiro atoms. The maximum absolute atomic E-state index is 12.5. The Morgan fingerprint density at radius 1 is 1.41 bits per heavy atom. The first-order valence-corrected chi connectivity index (χ1v) is 7.89. The van der Waals surface area contributed by atoms with Gasteiger partial charge >= 0.3 is 0 Å². The highest BCUT2D eigenvalue weighted by Gasteiger charge is 2.29. The summed E-state index contributed by atoms with van der Waals surface area (Å²) in [5.74, 6) is 0.856. The van der Waals surface area contributed by atoms with Crippen molar-refractivity contribution in [3.63, 3.8) is 0 Å². The van der Waals surface area contributed by atoms with Crippen molar-refractivity contribution in [2.75, 3.05) is 25.5 Å². The fraction of sp³-hybridized carbons (Fsp3) is 0.588. The molecule has 5 nitrogen and oxygen atoms in total.